The number of carbonyl (C=O) groups excluding carboxylic acids is 1. The summed E-state index contributed by atoms with van der Waals surface area (Å²) in [6.45, 7) is 0. The number of benzene rings is 1. The molecule has 9 nitrogen and oxygen atoms in total. The Balaban J connectivity index is 1.63. The number of aromatic nitrogens is 4. The third-order valence-electron chi connectivity index (χ3n) is 4.01. The highest BCUT2D eigenvalue weighted by Crippen LogP contribution is 2.22. The predicted molar refractivity (Wildman–Crippen MR) is 91.4 cm³/mol. The molecule has 1 N–H and O–H groups in total. The lowest BCUT2D eigenvalue weighted by Gasteiger charge is -2.23. The normalized spacial score (nSPS) is 19.0. The van der Waals surface area contributed by atoms with Crippen LogP contribution in [-0.2, 0) is 14.6 Å². The van der Waals surface area contributed by atoms with Crippen LogP contribution in [0.25, 0.3) is 5.69 Å². The van der Waals surface area contributed by atoms with E-state index in [4.69, 9.17) is 0 Å². The van der Waals surface area contributed by atoms with E-state index in [1.54, 1.807) is 19.2 Å². The summed E-state index contributed by atoms with van der Waals surface area (Å²) in [4.78, 5) is 13.8. The molecule has 134 valence electrons. The van der Waals surface area contributed by atoms with Gasteiger partial charge in [0, 0.05) is 13.1 Å². The SMILES string of the molecule is CN(C(=O)CSc1nnnn1-c1ccc(O)cc1)[C@H]1CCS(=O)(=O)C1. The summed E-state index contributed by atoms with van der Waals surface area (Å²) in [6.07, 6.45) is 0.473. The molecule has 0 saturated carbocycles. The van der Waals surface area contributed by atoms with Crippen LogP contribution in [0.1, 0.15) is 6.42 Å². The molecule has 1 aliphatic heterocycles. The Kier molecular flexibility index (Phi) is 4.95. The quantitative estimate of drug-likeness (QED) is 0.723. The fourth-order valence-corrected chi connectivity index (χ4v) is 5.13. The molecule has 3 rings (SSSR count). The third-order valence-corrected chi connectivity index (χ3v) is 6.66. The zero-order chi connectivity index (χ0) is 18.0. The van der Waals surface area contributed by atoms with E-state index in [9.17, 15) is 18.3 Å². The maximum atomic E-state index is 12.3. The van der Waals surface area contributed by atoms with Crippen molar-refractivity contribution in [3.63, 3.8) is 0 Å². The van der Waals surface area contributed by atoms with Crippen molar-refractivity contribution in [1.29, 1.82) is 0 Å². The Hall–Kier alpha value is -2.14. The van der Waals surface area contributed by atoms with E-state index < -0.39 is 9.84 Å². The Morgan fingerprint density at radius 3 is 2.76 bits per heavy atom. The smallest absolute Gasteiger partial charge is 0.233 e. The molecule has 1 fully saturated rings. The van der Waals surface area contributed by atoms with Gasteiger partial charge >= 0.3 is 0 Å². The topological polar surface area (TPSA) is 118 Å². The highest BCUT2D eigenvalue weighted by Gasteiger charge is 2.32. The van der Waals surface area contributed by atoms with Crippen LogP contribution in [0.5, 0.6) is 5.75 Å². The number of phenolic OH excluding ortho intramolecular Hbond substituents is 1. The number of hydrogen-bond donors (Lipinski definition) is 1. The molecule has 0 unspecified atom stereocenters. The molecule has 1 aromatic heterocycles. The number of phenols is 1. The number of carbonyl (C=O) groups is 1. The van der Waals surface area contributed by atoms with Crippen molar-refractivity contribution in [3.8, 4) is 11.4 Å². The van der Waals surface area contributed by atoms with Gasteiger partial charge in [-0.05, 0) is 41.1 Å². The van der Waals surface area contributed by atoms with Gasteiger partial charge in [0.05, 0.1) is 22.9 Å². The van der Waals surface area contributed by atoms with Crippen molar-refractivity contribution in [2.75, 3.05) is 24.3 Å². The van der Waals surface area contributed by atoms with Crippen LogP contribution in [-0.4, -0.2) is 74.9 Å². The largest absolute Gasteiger partial charge is 0.508 e. The van der Waals surface area contributed by atoms with Gasteiger partial charge in [0.15, 0.2) is 9.84 Å². The number of nitrogens with zero attached hydrogens (tertiary/aromatic N) is 5. The number of hydrogen-bond acceptors (Lipinski definition) is 8. The molecule has 11 heteroatoms. The minimum absolute atomic E-state index is 0.0190. The summed E-state index contributed by atoms with van der Waals surface area (Å²) in [6, 6.07) is 6.09. The van der Waals surface area contributed by atoms with Crippen LogP contribution in [0, 0.1) is 0 Å². The Morgan fingerprint density at radius 2 is 2.12 bits per heavy atom. The van der Waals surface area contributed by atoms with Gasteiger partial charge in [-0.2, -0.15) is 4.68 Å². The van der Waals surface area contributed by atoms with E-state index in [0.717, 1.165) is 0 Å². The summed E-state index contributed by atoms with van der Waals surface area (Å²) in [5.74, 6) is 0.208. The first-order valence-electron chi connectivity index (χ1n) is 7.52. The van der Waals surface area contributed by atoms with Gasteiger partial charge in [0.1, 0.15) is 5.75 Å². The van der Waals surface area contributed by atoms with Crippen LogP contribution >= 0.6 is 11.8 Å². The molecule has 0 aliphatic carbocycles. The number of tetrazole rings is 1. The van der Waals surface area contributed by atoms with Crippen molar-refractivity contribution in [2.45, 2.75) is 17.6 Å². The molecule has 0 radical (unpaired) electrons. The van der Waals surface area contributed by atoms with E-state index in [-0.39, 0.29) is 35.0 Å². The predicted octanol–water partition coefficient (Wildman–Crippen LogP) is 0.105. The first kappa shape index (κ1) is 17.7. The maximum absolute atomic E-state index is 12.3. The van der Waals surface area contributed by atoms with E-state index in [1.807, 2.05) is 0 Å². The minimum Gasteiger partial charge on any atom is -0.508 e. The second-order valence-corrected chi connectivity index (χ2v) is 8.91. The maximum Gasteiger partial charge on any atom is 0.233 e. The molecule has 1 aliphatic rings. The van der Waals surface area contributed by atoms with E-state index >= 15 is 0 Å². The summed E-state index contributed by atoms with van der Waals surface area (Å²) < 4.78 is 24.6. The molecule has 1 aromatic carbocycles. The number of sulfone groups is 1. The molecular weight excluding hydrogens is 366 g/mol. The van der Waals surface area contributed by atoms with Crippen molar-refractivity contribution in [1.82, 2.24) is 25.1 Å². The fraction of sp³-hybridized carbons (Fsp3) is 0.429. The number of aromatic hydroxyl groups is 1. The van der Waals surface area contributed by atoms with Crippen molar-refractivity contribution >= 4 is 27.5 Å². The average Bonchev–Trinajstić information content (AvgIpc) is 3.18. The van der Waals surface area contributed by atoms with Crippen LogP contribution in [0.3, 0.4) is 0 Å². The van der Waals surface area contributed by atoms with Crippen LogP contribution in [0.4, 0.5) is 0 Å². The summed E-state index contributed by atoms with van der Waals surface area (Å²) >= 11 is 1.17. The number of thioether (sulfide) groups is 1. The van der Waals surface area contributed by atoms with Gasteiger partial charge in [-0.1, -0.05) is 11.8 Å². The molecule has 25 heavy (non-hydrogen) atoms. The third kappa shape index (κ3) is 4.10. The Morgan fingerprint density at radius 1 is 1.40 bits per heavy atom. The Labute approximate surface area is 148 Å². The minimum atomic E-state index is -3.04. The standard InChI is InChI=1S/C14H17N5O4S2/c1-18(11-6-7-25(22,23)9-11)13(21)8-24-14-15-16-17-19(14)10-2-4-12(20)5-3-10/h2-5,11,20H,6-9H2,1H3/t11-/m0/s1. The zero-order valence-electron chi connectivity index (χ0n) is 13.4. The Bertz CT molecular complexity index is 866. The molecule has 0 spiro atoms. The van der Waals surface area contributed by atoms with Crippen molar-refractivity contribution in [2.24, 2.45) is 0 Å². The van der Waals surface area contributed by atoms with Crippen molar-refractivity contribution < 1.29 is 18.3 Å². The fourth-order valence-electron chi connectivity index (χ4n) is 2.54. The summed E-state index contributed by atoms with van der Waals surface area (Å²) in [7, 11) is -1.41. The van der Waals surface area contributed by atoms with Gasteiger partial charge < -0.3 is 10.0 Å². The second-order valence-electron chi connectivity index (χ2n) is 5.74. The van der Waals surface area contributed by atoms with Gasteiger partial charge in [-0.3, -0.25) is 4.79 Å². The number of rotatable bonds is 5. The number of amides is 1. The molecule has 2 aromatic rings. The summed E-state index contributed by atoms with van der Waals surface area (Å²) in [5, 5.41) is 21.2. The highest BCUT2D eigenvalue weighted by atomic mass is 32.2. The monoisotopic (exact) mass is 383 g/mol. The van der Waals surface area contributed by atoms with Gasteiger partial charge in [0.2, 0.25) is 11.1 Å². The lowest BCUT2D eigenvalue weighted by Crippen LogP contribution is -2.38. The van der Waals surface area contributed by atoms with E-state index in [1.165, 1.54) is 33.5 Å². The van der Waals surface area contributed by atoms with Crippen LogP contribution < -0.4 is 0 Å². The highest BCUT2D eigenvalue weighted by molar-refractivity contribution is 7.99. The lowest BCUT2D eigenvalue weighted by atomic mass is 10.2. The van der Waals surface area contributed by atoms with E-state index in [0.29, 0.717) is 17.3 Å². The molecular formula is C14H17N5O4S2. The molecule has 1 atom stereocenters. The van der Waals surface area contributed by atoms with Gasteiger partial charge in [0.25, 0.3) is 0 Å². The van der Waals surface area contributed by atoms with Crippen LogP contribution in [0.15, 0.2) is 29.4 Å². The molecule has 0 bridgehead atoms. The first-order valence-corrected chi connectivity index (χ1v) is 10.3. The first-order chi connectivity index (χ1) is 11.9. The summed E-state index contributed by atoms with van der Waals surface area (Å²) in [5.41, 5.74) is 0.660. The van der Waals surface area contributed by atoms with Crippen LogP contribution in [0.2, 0.25) is 0 Å². The average molecular weight is 383 g/mol. The van der Waals surface area contributed by atoms with Gasteiger partial charge in [-0.25, -0.2) is 8.42 Å². The zero-order valence-corrected chi connectivity index (χ0v) is 15.1. The lowest BCUT2D eigenvalue weighted by molar-refractivity contribution is -0.128. The molecule has 1 saturated heterocycles. The second kappa shape index (κ2) is 7.00. The molecule has 1 amide bonds. The van der Waals surface area contributed by atoms with Gasteiger partial charge in [-0.15, -0.1) is 5.10 Å². The van der Waals surface area contributed by atoms with E-state index in [2.05, 4.69) is 15.5 Å². The van der Waals surface area contributed by atoms with Crippen molar-refractivity contribution in [3.05, 3.63) is 24.3 Å². The molecule has 2 heterocycles.